The molecule has 2 aromatic rings. The van der Waals surface area contributed by atoms with E-state index in [0.717, 1.165) is 10.9 Å². The standard InChI is InChI=1S/C16H20F2N4O3S/c1-10(2)26(24,25)9-11-5-4-6-12(7-11)20-16(23)21-13-8-19-22(3)14(13)15(17)18/h4-8,10,15H,9H2,1-3H3,(H2,20,21,23). The number of urea groups is 1. The van der Waals surface area contributed by atoms with Crippen LogP contribution in [0.1, 0.15) is 31.5 Å². The number of amides is 2. The number of sulfone groups is 1. The summed E-state index contributed by atoms with van der Waals surface area (Å²) in [5.74, 6) is -0.153. The Kier molecular flexibility index (Phi) is 5.96. The van der Waals surface area contributed by atoms with Gasteiger partial charge in [0.05, 0.1) is 22.9 Å². The summed E-state index contributed by atoms with van der Waals surface area (Å²) in [6.45, 7) is 3.19. The zero-order valence-corrected chi connectivity index (χ0v) is 15.3. The van der Waals surface area contributed by atoms with Crippen molar-refractivity contribution in [1.29, 1.82) is 0 Å². The van der Waals surface area contributed by atoms with Crippen LogP contribution in [0.5, 0.6) is 0 Å². The summed E-state index contributed by atoms with van der Waals surface area (Å²) in [7, 11) is -1.93. The normalized spacial score (nSPS) is 11.8. The van der Waals surface area contributed by atoms with Gasteiger partial charge in [0.25, 0.3) is 6.43 Å². The molecule has 2 N–H and O–H groups in total. The molecule has 1 heterocycles. The van der Waals surface area contributed by atoms with Gasteiger partial charge in [0.1, 0.15) is 5.69 Å². The highest BCUT2D eigenvalue weighted by Gasteiger charge is 2.20. The largest absolute Gasteiger partial charge is 0.323 e. The molecule has 0 spiro atoms. The number of anilines is 2. The average molecular weight is 386 g/mol. The number of hydrogen-bond donors (Lipinski definition) is 2. The second-order valence-electron chi connectivity index (χ2n) is 6.00. The number of carbonyl (C=O) groups is 1. The fraction of sp³-hybridized carbons (Fsp3) is 0.375. The van der Waals surface area contributed by atoms with Gasteiger partial charge in [0.2, 0.25) is 0 Å². The van der Waals surface area contributed by atoms with Crippen LogP contribution < -0.4 is 10.6 Å². The van der Waals surface area contributed by atoms with E-state index < -0.39 is 33.2 Å². The van der Waals surface area contributed by atoms with Crippen molar-refractivity contribution in [1.82, 2.24) is 9.78 Å². The van der Waals surface area contributed by atoms with Gasteiger partial charge in [-0.15, -0.1) is 0 Å². The Hall–Kier alpha value is -2.49. The maximum atomic E-state index is 13.0. The Labute approximate surface area is 150 Å². The van der Waals surface area contributed by atoms with E-state index in [2.05, 4.69) is 15.7 Å². The lowest BCUT2D eigenvalue weighted by Gasteiger charge is -2.11. The summed E-state index contributed by atoms with van der Waals surface area (Å²) in [5.41, 5.74) is 0.364. The first-order valence-electron chi connectivity index (χ1n) is 7.78. The molecule has 7 nitrogen and oxygen atoms in total. The number of alkyl halides is 2. The lowest BCUT2D eigenvalue weighted by Crippen LogP contribution is -2.20. The van der Waals surface area contributed by atoms with E-state index in [1.54, 1.807) is 32.0 Å². The highest BCUT2D eigenvalue weighted by Crippen LogP contribution is 2.26. The predicted molar refractivity (Wildman–Crippen MR) is 95.0 cm³/mol. The Morgan fingerprint density at radius 3 is 2.58 bits per heavy atom. The highest BCUT2D eigenvalue weighted by molar-refractivity contribution is 7.91. The molecular weight excluding hydrogens is 366 g/mol. The van der Waals surface area contributed by atoms with Crippen LogP contribution >= 0.6 is 0 Å². The number of rotatable bonds is 6. The molecule has 142 valence electrons. The lowest BCUT2D eigenvalue weighted by atomic mass is 10.2. The van der Waals surface area contributed by atoms with Gasteiger partial charge < -0.3 is 10.6 Å². The van der Waals surface area contributed by atoms with Gasteiger partial charge >= 0.3 is 6.03 Å². The molecule has 2 rings (SSSR count). The first kappa shape index (κ1) is 19.8. The summed E-state index contributed by atoms with van der Waals surface area (Å²) in [4.78, 5) is 12.0. The van der Waals surface area contributed by atoms with Crippen LogP contribution in [-0.4, -0.2) is 29.5 Å². The van der Waals surface area contributed by atoms with Gasteiger partial charge in [-0.25, -0.2) is 22.0 Å². The van der Waals surface area contributed by atoms with Crippen LogP contribution in [0.15, 0.2) is 30.5 Å². The number of hydrogen-bond acceptors (Lipinski definition) is 4. The number of aromatic nitrogens is 2. The average Bonchev–Trinajstić information content (AvgIpc) is 2.87. The van der Waals surface area contributed by atoms with Crippen LogP contribution in [0.3, 0.4) is 0 Å². The van der Waals surface area contributed by atoms with Gasteiger partial charge in [-0.1, -0.05) is 12.1 Å². The molecule has 0 radical (unpaired) electrons. The summed E-state index contributed by atoms with van der Waals surface area (Å²) < 4.78 is 51.0. The molecule has 0 bridgehead atoms. The molecule has 0 aliphatic rings. The van der Waals surface area contributed by atoms with E-state index in [0.29, 0.717) is 11.3 Å². The fourth-order valence-electron chi connectivity index (χ4n) is 2.22. The number of carbonyl (C=O) groups excluding carboxylic acids is 1. The molecule has 1 aromatic carbocycles. The van der Waals surface area contributed by atoms with Crippen LogP contribution in [-0.2, 0) is 22.6 Å². The predicted octanol–water partition coefficient (Wildman–Crippen LogP) is 3.32. The first-order chi connectivity index (χ1) is 12.1. The Bertz CT molecular complexity index is 895. The van der Waals surface area contributed by atoms with Crippen molar-refractivity contribution in [3.63, 3.8) is 0 Å². The molecule has 0 atom stereocenters. The number of nitrogens with zero attached hydrogens (tertiary/aromatic N) is 2. The van der Waals surface area contributed by atoms with E-state index >= 15 is 0 Å². The Morgan fingerprint density at radius 2 is 1.96 bits per heavy atom. The molecule has 10 heteroatoms. The third kappa shape index (κ3) is 4.78. The Balaban J connectivity index is 2.10. The number of halogens is 2. The molecule has 26 heavy (non-hydrogen) atoms. The van der Waals surface area contributed by atoms with Gasteiger partial charge in [0, 0.05) is 12.7 Å². The summed E-state index contributed by atoms with van der Waals surface area (Å²) in [6.07, 6.45) is -1.66. The van der Waals surface area contributed by atoms with Crippen molar-refractivity contribution in [2.45, 2.75) is 31.3 Å². The van der Waals surface area contributed by atoms with E-state index in [-0.39, 0.29) is 11.4 Å². The molecule has 0 unspecified atom stereocenters. The minimum Gasteiger partial charge on any atom is -0.308 e. The number of benzene rings is 1. The highest BCUT2D eigenvalue weighted by atomic mass is 32.2. The third-order valence-electron chi connectivity index (χ3n) is 3.71. The van der Waals surface area contributed by atoms with Crippen molar-refractivity contribution < 1.29 is 22.0 Å². The Morgan fingerprint density at radius 1 is 1.27 bits per heavy atom. The zero-order valence-electron chi connectivity index (χ0n) is 14.5. The topological polar surface area (TPSA) is 93.1 Å². The van der Waals surface area contributed by atoms with E-state index in [4.69, 9.17) is 0 Å². The molecule has 0 saturated heterocycles. The smallest absolute Gasteiger partial charge is 0.308 e. The van der Waals surface area contributed by atoms with Crippen molar-refractivity contribution in [3.05, 3.63) is 41.7 Å². The minimum atomic E-state index is -3.28. The van der Waals surface area contributed by atoms with E-state index in [1.165, 1.54) is 13.1 Å². The zero-order chi connectivity index (χ0) is 19.5. The quantitative estimate of drug-likeness (QED) is 0.796. The molecule has 0 aliphatic carbocycles. The van der Waals surface area contributed by atoms with Gasteiger partial charge in [-0.05, 0) is 31.5 Å². The van der Waals surface area contributed by atoms with Crippen LogP contribution in [0.2, 0.25) is 0 Å². The molecule has 0 fully saturated rings. The van der Waals surface area contributed by atoms with Crippen molar-refractivity contribution in [2.24, 2.45) is 7.05 Å². The van der Waals surface area contributed by atoms with Gasteiger partial charge in [-0.2, -0.15) is 5.10 Å². The molecule has 1 aromatic heterocycles. The van der Waals surface area contributed by atoms with Crippen LogP contribution in [0.4, 0.5) is 25.0 Å². The number of nitrogens with one attached hydrogen (secondary N) is 2. The van der Waals surface area contributed by atoms with Crippen LogP contribution in [0, 0.1) is 0 Å². The van der Waals surface area contributed by atoms with Crippen molar-refractivity contribution >= 4 is 27.2 Å². The molecule has 2 amide bonds. The lowest BCUT2D eigenvalue weighted by molar-refractivity contribution is 0.141. The third-order valence-corrected chi connectivity index (χ3v) is 5.88. The number of aryl methyl sites for hydroxylation is 1. The van der Waals surface area contributed by atoms with E-state index in [1.807, 2.05) is 0 Å². The van der Waals surface area contributed by atoms with Crippen molar-refractivity contribution in [2.75, 3.05) is 10.6 Å². The van der Waals surface area contributed by atoms with Crippen LogP contribution in [0.25, 0.3) is 0 Å². The maximum absolute atomic E-state index is 13.0. The van der Waals surface area contributed by atoms with E-state index in [9.17, 15) is 22.0 Å². The van der Waals surface area contributed by atoms with Gasteiger partial charge in [-0.3, -0.25) is 4.68 Å². The summed E-state index contributed by atoms with van der Waals surface area (Å²) >= 11 is 0. The molecule has 0 aliphatic heterocycles. The molecule has 0 saturated carbocycles. The second kappa shape index (κ2) is 7.81. The maximum Gasteiger partial charge on any atom is 0.323 e. The van der Waals surface area contributed by atoms with Crippen molar-refractivity contribution in [3.8, 4) is 0 Å². The first-order valence-corrected chi connectivity index (χ1v) is 9.50. The summed E-state index contributed by atoms with van der Waals surface area (Å²) in [5, 5.41) is 7.99. The molecular formula is C16H20F2N4O3S. The fourth-order valence-corrected chi connectivity index (χ4v) is 3.20. The SMILES string of the molecule is CC(C)S(=O)(=O)Cc1cccc(NC(=O)Nc2cnn(C)c2C(F)F)c1. The van der Waals surface area contributed by atoms with Gasteiger partial charge in [0.15, 0.2) is 9.84 Å². The monoisotopic (exact) mass is 386 g/mol. The summed E-state index contributed by atoms with van der Waals surface area (Å²) in [6, 6.07) is 5.61. The minimum absolute atomic E-state index is 0.0986. The second-order valence-corrected chi connectivity index (χ2v) is 8.56.